The van der Waals surface area contributed by atoms with Crippen molar-refractivity contribution in [2.24, 2.45) is 0 Å². The third-order valence-electron chi connectivity index (χ3n) is 2.91. The van der Waals surface area contributed by atoms with E-state index in [1.807, 2.05) is 12.2 Å². The molecule has 116 valence electrons. The van der Waals surface area contributed by atoms with Gasteiger partial charge in [-0.2, -0.15) is 0 Å². The number of unbranched alkanes of at least 4 members (excludes halogenated alkanes) is 5. The van der Waals surface area contributed by atoms with Gasteiger partial charge < -0.3 is 5.11 Å². The van der Waals surface area contributed by atoms with Gasteiger partial charge in [-0.3, -0.25) is 9.59 Å². The van der Waals surface area contributed by atoms with Crippen molar-refractivity contribution in [3.05, 3.63) is 24.3 Å². The molecule has 0 spiro atoms. The van der Waals surface area contributed by atoms with E-state index in [1.54, 1.807) is 6.08 Å². The fourth-order valence-electron chi connectivity index (χ4n) is 1.73. The average Bonchev–Trinajstić information content (AvgIpc) is 2.45. The number of carboxylic acid groups (broad SMARTS) is 1. The Morgan fingerprint density at radius 1 is 0.952 bits per heavy atom. The van der Waals surface area contributed by atoms with Crippen LogP contribution in [0.25, 0.3) is 0 Å². The maximum Gasteiger partial charge on any atom is 0.303 e. The standard InChI is InChI=1S/C18H26O3/c1-2-3-4-5-6-8-11-14-17(19)15-12-9-7-10-13-16-18(20)21/h4-5,11,14H,2-3,7,9-10,12-13,15-16H2,1H3,(H,20,21)/b5-4-,14-11+. The van der Waals surface area contributed by atoms with Crippen LogP contribution in [-0.4, -0.2) is 16.9 Å². The van der Waals surface area contributed by atoms with Gasteiger partial charge >= 0.3 is 5.97 Å². The number of carboxylic acids is 1. The molecule has 0 bridgehead atoms. The molecule has 21 heavy (non-hydrogen) atoms. The van der Waals surface area contributed by atoms with Gasteiger partial charge in [0.15, 0.2) is 5.78 Å². The van der Waals surface area contributed by atoms with Crippen LogP contribution in [0.4, 0.5) is 0 Å². The SMILES string of the molecule is CCC/C=C\C#C/C=C/C(=O)CCCCCCCC(=O)O. The van der Waals surface area contributed by atoms with Crippen LogP contribution in [-0.2, 0) is 9.59 Å². The van der Waals surface area contributed by atoms with E-state index in [0.717, 1.165) is 44.9 Å². The average molecular weight is 290 g/mol. The van der Waals surface area contributed by atoms with E-state index in [4.69, 9.17) is 5.11 Å². The fraction of sp³-hybridized carbons (Fsp3) is 0.556. The van der Waals surface area contributed by atoms with Crippen LogP contribution in [0.3, 0.4) is 0 Å². The summed E-state index contributed by atoms with van der Waals surface area (Å²) in [7, 11) is 0. The van der Waals surface area contributed by atoms with Crippen LogP contribution in [0.2, 0.25) is 0 Å². The lowest BCUT2D eigenvalue weighted by Crippen LogP contribution is -1.94. The number of ketones is 1. The fourth-order valence-corrected chi connectivity index (χ4v) is 1.73. The summed E-state index contributed by atoms with van der Waals surface area (Å²) in [5, 5.41) is 8.48. The van der Waals surface area contributed by atoms with E-state index >= 15 is 0 Å². The van der Waals surface area contributed by atoms with E-state index < -0.39 is 5.97 Å². The second-order valence-electron chi connectivity index (χ2n) is 4.94. The van der Waals surface area contributed by atoms with E-state index in [9.17, 15) is 9.59 Å². The van der Waals surface area contributed by atoms with Crippen molar-refractivity contribution < 1.29 is 14.7 Å². The minimum atomic E-state index is -0.735. The predicted octanol–water partition coefficient (Wildman–Crippen LogP) is 4.29. The zero-order valence-electron chi connectivity index (χ0n) is 12.9. The van der Waals surface area contributed by atoms with Gasteiger partial charge in [0, 0.05) is 12.8 Å². The Bertz CT molecular complexity index is 408. The second-order valence-corrected chi connectivity index (χ2v) is 4.94. The highest BCUT2D eigenvalue weighted by Crippen LogP contribution is 2.07. The first kappa shape index (κ1) is 19.2. The van der Waals surface area contributed by atoms with Crippen LogP contribution in [0.1, 0.15) is 64.7 Å². The minimum Gasteiger partial charge on any atom is -0.481 e. The van der Waals surface area contributed by atoms with Crippen molar-refractivity contribution in [2.75, 3.05) is 0 Å². The van der Waals surface area contributed by atoms with Gasteiger partial charge in [-0.15, -0.1) is 0 Å². The Morgan fingerprint density at radius 3 is 2.24 bits per heavy atom. The first-order valence-corrected chi connectivity index (χ1v) is 7.74. The maximum atomic E-state index is 11.5. The van der Waals surface area contributed by atoms with Gasteiger partial charge in [-0.1, -0.05) is 50.5 Å². The Labute approximate surface area is 128 Å². The highest BCUT2D eigenvalue weighted by Gasteiger charge is 1.98. The summed E-state index contributed by atoms with van der Waals surface area (Å²) in [5.74, 6) is 5.04. The largest absolute Gasteiger partial charge is 0.481 e. The van der Waals surface area contributed by atoms with Crippen LogP contribution in [0.15, 0.2) is 24.3 Å². The van der Waals surface area contributed by atoms with Crippen LogP contribution in [0, 0.1) is 11.8 Å². The molecule has 0 aliphatic heterocycles. The van der Waals surface area contributed by atoms with Gasteiger partial charge in [-0.25, -0.2) is 0 Å². The molecule has 0 aromatic carbocycles. The molecule has 0 aromatic rings. The van der Waals surface area contributed by atoms with Crippen LogP contribution < -0.4 is 0 Å². The number of aliphatic carboxylic acids is 1. The highest BCUT2D eigenvalue weighted by atomic mass is 16.4. The molecule has 1 N–H and O–H groups in total. The molecule has 0 aliphatic carbocycles. The predicted molar refractivity (Wildman–Crippen MR) is 85.9 cm³/mol. The Kier molecular flexibility index (Phi) is 13.3. The number of rotatable bonds is 11. The van der Waals surface area contributed by atoms with Gasteiger partial charge in [0.25, 0.3) is 0 Å². The normalized spacial score (nSPS) is 10.7. The molecule has 0 saturated heterocycles. The zero-order valence-corrected chi connectivity index (χ0v) is 12.9. The minimum absolute atomic E-state index is 0.104. The highest BCUT2D eigenvalue weighted by molar-refractivity contribution is 5.89. The Hall–Kier alpha value is -1.82. The van der Waals surface area contributed by atoms with Crippen molar-refractivity contribution >= 4 is 11.8 Å². The molecule has 0 heterocycles. The van der Waals surface area contributed by atoms with E-state index in [-0.39, 0.29) is 12.2 Å². The Balaban J connectivity index is 3.55. The molecular formula is C18H26O3. The van der Waals surface area contributed by atoms with Crippen molar-refractivity contribution in [3.63, 3.8) is 0 Å². The lowest BCUT2D eigenvalue weighted by atomic mass is 10.1. The molecule has 0 fully saturated rings. The smallest absolute Gasteiger partial charge is 0.303 e. The second kappa shape index (κ2) is 14.6. The number of hydrogen-bond donors (Lipinski definition) is 1. The number of allylic oxidation sites excluding steroid dienone is 4. The summed E-state index contributed by atoms with van der Waals surface area (Å²) in [6.45, 7) is 2.11. The third-order valence-corrected chi connectivity index (χ3v) is 2.91. The molecule has 0 unspecified atom stereocenters. The van der Waals surface area contributed by atoms with E-state index in [0.29, 0.717) is 6.42 Å². The van der Waals surface area contributed by atoms with E-state index in [1.165, 1.54) is 6.08 Å². The quantitative estimate of drug-likeness (QED) is 0.351. The molecule has 0 radical (unpaired) electrons. The van der Waals surface area contributed by atoms with Crippen LogP contribution in [0.5, 0.6) is 0 Å². The van der Waals surface area contributed by atoms with Gasteiger partial charge in [0.05, 0.1) is 0 Å². The molecule has 0 amide bonds. The summed E-state index contributed by atoms with van der Waals surface area (Å²) in [5.41, 5.74) is 0. The lowest BCUT2D eigenvalue weighted by Gasteiger charge is -1.98. The maximum absolute atomic E-state index is 11.5. The van der Waals surface area contributed by atoms with Gasteiger partial charge in [-0.05, 0) is 37.5 Å². The Morgan fingerprint density at radius 2 is 1.57 bits per heavy atom. The van der Waals surface area contributed by atoms with Crippen molar-refractivity contribution in [1.82, 2.24) is 0 Å². The number of carbonyl (C=O) groups excluding carboxylic acids is 1. The lowest BCUT2D eigenvalue weighted by molar-refractivity contribution is -0.137. The first-order chi connectivity index (χ1) is 10.2. The summed E-state index contributed by atoms with van der Waals surface area (Å²) >= 11 is 0. The molecule has 0 aliphatic rings. The molecule has 0 aromatic heterocycles. The summed E-state index contributed by atoms with van der Waals surface area (Å²) in [6, 6.07) is 0. The number of carbonyl (C=O) groups is 2. The summed E-state index contributed by atoms with van der Waals surface area (Å²) < 4.78 is 0. The van der Waals surface area contributed by atoms with E-state index in [2.05, 4.69) is 18.8 Å². The summed E-state index contributed by atoms with van der Waals surface area (Å²) in [4.78, 5) is 21.8. The third kappa shape index (κ3) is 16.1. The number of hydrogen-bond acceptors (Lipinski definition) is 2. The molecule has 0 rings (SSSR count). The van der Waals surface area contributed by atoms with Gasteiger partial charge in [0.2, 0.25) is 0 Å². The summed E-state index contributed by atoms with van der Waals surface area (Å²) in [6.07, 6.45) is 14.4. The van der Waals surface area contributed by atoms with Crippen molar-refractivity contribution in [1.29, 1.82) is 0 Å². The van der Waals surface area contributed by atoms with Crippen LogP contribution >= 0.6 is 0 Å². The van der Waals surface area contributed by atoms with Crippen molar-refractivity contribution in [2.45, 2.75) is 64.7 Å². The molecule has 0 atom stereocenters. The molecule has 0 saturated carbocycles. The monoisotopic (exact) mass is 290 g/mol. The topological polar surface area (TPSA) is 54.4 Å². The molecule has 3 heteroatoms. The van der Waals surface area contributed by atoms with Gasteiger partial charge in [0.1, 0.15) is 0 Å². The molecule has 3 nitrogen and oxygen atoms in total. The first-order valence-electron chi connectivity index (χ1n) is 7.74. The zero-order chi connectivity index (χ0) is 15.8. The molecular weight excluding hydrogens is 264 g/mol. The van der Waals surface area contributed by atoms with Crippen molar-refractivity contribution in [3.8, 4) is 11.8 Å².